The average molecular weight is 2010 g/mol. The number of likely N-dealkylation sites (N-methyl/N-ethyl adjacent to an activating group) is 1. The third kappa shape index (κ3) is 26.0. The number of nitro benzene ring substituents is 2. The zero-order valence-electron chi connectivity index (χ0n) is 76.8. The lowest BCUT2D eigenvalue weighted by Crippen LogP contribution is -2.18. The van der Waals surface area contributed by atoms with Crippen LogP contribution in [0.4, 0.5) is 56.9 Å². The molecule has 0 radical (unpaired) electrons. The summed E-state index contributed by atoms with van der Waals surface area (Å²) in [5.41, 5.74) is 18.2. The van der Waals surface area contributed by atoms with E-state index in [2.05, 4.69) is 127 Å². The molecule has 18 aromatic rings. The summed E-state index contributed by atoms with van der Waals surface area (Å²) in [5, 5.41) is 44.4. The third-order valence-corrected chi connectivity index (χ3v) is 23.0. The van der Waals surface area contributed by atoms with Crippen molar-refractivity contribution < 1.29 is 48.2 Å². The average Bonchev–Trinajstić information content (AvgIpc) is 1.63. The van der Waals surface area contributed by atoms with Crippen LogP contribution in [0.2, 0.25) is 0 Å². The van der Waals surface area contributed by atoms with Crippen LogP contribution in [0, 0.1) is 20.2 Å². The van der Waals surface area contributed by atoms with Crippen LogP contribution >= 0.6 is 31.9 Å². The highest BCUT2D eigenvalue weighted by atomic mass is 79.9. The van der Waals surface area contributed by atoms with Gasteiger partial charge in [0.15, 0.2) is 0 Å². The van der Waals surface area contributed by atoms with Crippen LogP contribution in [0.3, 0.4) is 0 Å². The summed E-state index contributed by atoms with van der Waals surface area (Å²) in [4.78, 5) is 148. The molecule has 32 nitrogen and oxygen atoms in total. The van der Waals surface area contributed by atoms with E-state index in [-0.39, 0.29) is 52.4 Å². The number of nitrogens with zero attached hydrogens (tertiary/aromatic N) is 10. The van der Waals surface area contributed by atoms with Crippen LogP contribution in [-0.2, 0) is 22.7 Å². The predicted octanol–water partition coefficient (Wildman–Crippen LogP) is 22.2. The van der Waals surface area contributed by atoms with Crippen LogP contribution in [0.1, 0.15) is 82.4 Å². The van der Waals surface area contributed by atoms with E-state index >= 15 is 0 Å². The van der Waals surface area contributed by atoms with Gasteiger partial charge in [-0.1, -0.05) is 68.3 Å². The SMILES string of the molecule is CC(=O)Nc1ccc(-c2nc3cc(NC(=O)c4ccccc4)ccc3n2CCCN(C)C)cc1.CC(=O)Nc1ccc(-c2nc3cc(NC(=O)c4ccccc4)ccc3n2CCN(C)C)cc1.O=C(Nc1ccc(-c2nc3ccc(NC(=O)c4ccc(Br)cc4)cc3[nH]2)cc1)c1ccc(Br)cc1.O=C(Nc1ccc(-c2nc3ccc(NC(=O)c4ccc([N+](=O)[O-])cc4)cc3[nH]2)cc1)c1ccc([N+](=O)[O-])cc1. The van der Waals surface area contributed by atoms with Gasteiger partial charge in [-0.2, -0.15) is 0 Å². The number of aryl methyl sites for hydroxylation is 1. The highest BCUT2D eigenvalue weighted by molar-refractivity contribution is 9.10. The maximum Gasteiger partial charge on any atom is 0.269 e. The van der Waals surface area contributed by atoms with Crippen molar-refractivity contribution in [1.29, 1.82) is 0 Å². The summed E-state index contributed by atoms with van der Waals surface area (Å²) in [6.07, 6.45) is 0.974. The number of fused-ring (bicyclic) bond motifs is 4. The Morgan fingerprint density at radius 1 is 0.312 bits per heavy atom. The number of hydrogen-bond acceptors (Lipinski definition) is 18. The Balaban J connectivity index is 0.000000142. The van der Waals surface area contributed by atoms with E-state index in [1.165, 1.54) is 62.4 Å². The quantitative estimate of drug-likeness (QED) is 0.0169. The molecule has 8 amide bonds. The van der Waals surface area contributed by atoms with Crippen molar-refractivity contribution in [2.45, 2.75) is 33.4 Å². The van der Waals surface area contributed by atoms with E-state index in [0.717, 1.165) is 120 Å². The van der Waals surface area contributed by atoms with E-state index in [0.29, 0.717) is 84.6 Å². The molecule has 0 saturated heterocycles. The summed E-state index contributed by atoms with van der Waals surface area (Å²) >= 11 is 6.74. The maximum absolute atomic E-state index is 12.6. The number of benzene rings is 14. The molecule has 706 valence electrons. The van der Waals surface area contributed by atoms with Gasteiger partial charge in [0, 0.05) is 168 Å². The minimum atomic E-state index is -0.531. The van der Waals surface area contributed by atoms with Gasteiger partial charge in [-0.3, -0.25) is 58.6 Å². The van der Waals surface area contributed by atoms with Crippen molar-refractivity contribution in [3.8, 4) is 45.6 Å². The monoisotopic (exact) mass is 2010 g/mol. The molecule has 141 heavy (non-hydrogen) atoms. The molecular formula is C107H92Br2N20O12. The van der Waals surface area contributed by atoms with Crippen molar-refractivity contribution in [1.82, 2.24) is 48.8 Å². The number of carbonyl (C=O) groups is 8. The van der Waals surface area contributed by atoms with E-state index in [1.807, 2.05) is 202 Å². The van der Waals surface area contributed by atoms with Gasteiger partial charge in [0.2, 0.25) is 11.8 Å². The van der Waals surface area contributed by atoms with Gasteiger partial charge in [0.05, 0.1) is 54.0 Å². The van der Waals surface area contributed by atoms with Gasteiger partial charge in [-0.25, -0.2) is 19.9 Å². The molecule has 34 heteroatoms. The summed E-state index contributed by atoms with van der Waals surface area (Å²) in [7, 11) is 8.21. The fraction of sp³-hybridized carbons (Fsp3) is 0.103. The zero-order chi connectivity index (χ0) is 99.3. The molecule has 10 N–H and O–H groups in total. The highest BCUT2D eigenvalue weighted by Gasteiger charge is 2.22. The Kier molecular flexibility index (Phi) is 31.5. The number of nitrogens with one attached hydrogen (secondary N) is 10. The minimum Gasteiger partial charge on any atom is -0.338 e. The molecule has 0 fully saturated rings. The first-order valence-corrected chi connectivity index (χ1v) is 45.9. The number of hydrogen-bond donors (Lipinski definition) is 10. The van der Waals surface area contributed by atoms with E-state index in [1.54, 1.807) is 91.0 Å². The number of non-ortho nitro benzene ring substituents is 2. The number of aromatic nitrogens is 8. The van der Waals surface area contributed by atoms with Crippen LogP contribution in [0.5, 0.6) is 0 Å². The molecule has 0 aliphatic rings. The van der Waals surface area contributed by atoms with E-state index in [9.17, 15) is 58.6 Å². The fourth-order valence-electron chi connectivity index (χ4n) is 14.9. The second kappa shape index (κ2) is 45.4. The molecule has 18 rings (SSSR count). The van der Waals surface area contributed by atoms with Crippen molar-refractivity contribution >= 4 is 180 Å². The lowest BCUT2D eigenvalue weighted by atomic mass is 10.1. The number of carbonyl (C=O) groups excluding carboxylic acids is 8. The number of nitro groups is 2. The predicted molar refractivity (Wildman–Crippen MR) is 559 cm³/mol. The zero-order valence-corrected chi connectivity index (χ0v) is 80.0. The Morgan fingerprint density at radius 2 is 0.596 bits per heavy atom. The van der Waals surface area contributed by atoms with E-state index in [4.69, 9.17) is 9.97 Å². The highest BCUT2D eigenvalue weighted by Crippen LogP contribution is 2.34. The molecule has 0 saturated carbocycles. The number of H-pyrrole nitrogens is 2. The van der Waals surface area contributed by atoms with Gasteiger partial charge in [-0.05, 0) is 308 Å². The van der Waals surface area contributed by atoms with Crippen molar-refractivity contribution in [2.24, 2.45) is 0 Å². The largest absolute Gasteiger partial charge is 0.338 e. The maximum atomic E-state index is 12.6. The van der Waals surface area contributed by atoms with Crippen LogP contribution in [-0.4, -0.2) is 147 Å². The summed E-state index contributed by atoms with van der Waals surface area (Å²) in [5.74, 6) is 1.29. The van der Waals surface area contributed by atoms with E-state index < -0.39 is 21.7 Å². The summed E-state index contributed by atoms with van der Waals surface area (Å²) in [6, 6.07) is 95.4. The molecule has 4 heterocycles. The molecule has 0 unspecified atom stereocenters. The Labute approximate surface area is 824 Å². The van der Waals surface area contributed by atoms with Crippen LogP contribution in [0.25, 0.3) is 89.7 Å². The lowest BCUT2D eigenvalue weighted by Gasteiger charge is -2.14. The van der Waals surface area contributed by atoms with Gasteiger partial charge >= 0.3 is 0 Å². The number of amides is 8. The molecule has 0 bridgehead atoms. The molecule has 0 aliphatic heterocycles. The molecule has 0 aliphatic carbocycles. The third-order valence-electron chi connectivity index (χ3n) is 22.0. The van der Waals surface area contributed by atoms with Crippen molar-refractivity contribution in [2.75, 3.05) is 83.8 Å². The first kappa shape index (κ1) is 97.9. The molecule has 0 atom stereocenters. The van der Waals surface area contributed by atoms with Crippen LogP contribution < -0.4 is 42.5 Å². The first-order chi connectivity index (χ1) is 68.0. The number of imidazole rings is 4. The number of anilines is 8. The Hall–Kier alpha value is -17.6. The Morgan fingerprint density at radius 3 is 0.922 bits per heavy atom. The van der Waals surface area contributed by atoms with Crippen molar-refractivity contribution in [3.63, 3.8) is 0 Å². The van der Waals surface area contributed by atoms with Gasteiger partial charge in [-0.15, -0.1) is 0 Å². The summed E-state index contributed by atoms with van der Waals surface area (Å²) in [6.45, 7) is 6.38. The topological polar surface area (TPSA) is 419 Å². The van der Waals surface area contributed by atoms with Crippen LogP contribution in [0.15, 0.2) is 337 Å². The second-order valence-electron chi connectivity index (χ2n) is 32.9. The first-order valence-electron chi connectivity index (χ1n) is 44.3. The number of halogens is 2. The second-order valence-corrected chi connectivity index (χ2v) is 34.8. The van der Waals surface area contributed by atoms with Gasteiger partial charge in [0.1, 0.15) is 23.3 Å². The standard InChI is InChI=1S/C27H18Br2N4O2.C27H18N6O6.C27H29N5O2.C26H27N5O2/c28-19-7-1-17(2-8-19)26(34)30-21-11-5-16(6-12-21)25-32-23-14-13-22(15-24(23)33-25)31-27(35)18-3-9-20(29)10-4-18;34-26(17-3-10-21(11-4-17)32(36)37)28-19-7-1-16(2-8-19)25-30-23-14-9-20(15-24(23)31-25)29-27(35)18-5-12-22(13-6-18)33(38)39;1-19(33)28-22-12-10-20(11-13-22)26-30-24-18-23(29-27(34)21-8-5-4-6-9-21)14-15-25(24)32(26)17-7-16-31(2)3;1-18(32)27-21-11-9-19(10-12-21)25-29-23-17-22(28-26(33)20-7-5-4-6-8-20)13-14-24(23)31(25)16-15-30(2)3/h1-15H,(H,30,34)(H,31,35)(H,32,33);1-15H,(H,28,34)(H,29,35)(H,30,31);4-6,8-15,18H,7,16-17H2,1-3H3,(H,28,33)(H,29,34);4-14,17H,15-16H2,1-3H3,(H,27,32)(H,28,33). The molecule has 0 spiro atoms. The summed E-state index contributed by atoms with van der Waals surface area (Å²) < 4.78 is 6.24. The molecule has 4 aromatic heterocycles. The smallest absolute Gasteiger partial charge is 0.269 e. The molecular weight excluding hydrogens is 1920 g/mol. The van der Waals surface area contributed by atoms with Crippen molar-refractivity contribution in [3.05, 3.63) is 390 Å². The molecule has 14 aromatic carbocycles. The van der Waals surface area contributed by atoms with Gasteiger partial charge in [0.25, 0.3) is 46.8 Å². The normalized spacial score (nSPS) is 10.9. The number of rotatable bonds is 27. The Bertz CT molecular complexity index is 7640. The van der Waals surface area contributed by atoms with Gasteiger partial charge < -0.3 is 71.4 Å². The number of aromatic amines is 2. The minimum absolute atomic E-state index is 0.0965. The fourth-order valence-corrected chi connectivity index (χ4v) is 15.4. The lowest BCUT2D eigenvalue weighted by molar-refractivity contribution is -0.385.